The number of aliphatic hydroxyl groups is 1. The van der Waals surface area contributed by atoms with Crippen molar-refractivity contribution >= 4 is 10.0 Å². The summed E-state index contributed by atoms with van der Waals surface area (Å²) in [5.41, 5.74) is 1.46. The van der Waals surface area contributed by atoms with Crippen molar-refractivity contribution < 1.29 is 17.9 Å². The van der Waals surface area contributed by atoms with Crippen LogP contribution in [0.1, 0.15) is 18.7 Å². The number of oxazole rings is 1. The Kier molecular flexibility index (Phi) is 4.27. The lowest BCUT2D eigenvalue weighted by Crippen LogP contribution is -2.35. The van der Waals surface area contributed by atoms with Crippen molar-refractivity contribution in [3.8, 4) is 11.3 Å². The number of likely N-dealkylation sites (N-methyl/N-ethyl adjacent to an activating group) is 1. The summed E-state index contributed by atoms with van der Waals surface area (Å²) < 4.78 is 31.5. The predicted octanol–water partition coefficient (Wildman–Crippen LogP) is 2.04. The smallest absolute Gasteiger partial charge is 0.242 e. The standard InChI is InChI=1S/C16H20N2O4S/c1-11-17-15(10-22-11)12-5-7-14(8-6-12)23(20,21)18(2)9-16(19)13-3-4-13/h5-8,10,13,16,19H,3-4,9H2,1-2H3. The summed E-state index contributed by atoms with van der Waals surface area (Å²) in [7, 11) is -2.11. The lowest BCUT2D eigenvalue weighted by Gasteiger charge is -2.20. The Morgan fingerprint density at radius 2 is 2.00 bits per heavy atom. The van der Waals surface area contributed by atoms with Crippen LogP contribution < -0.4 is 0 Å². The van der Waals surface area contributed by atoms with Crippen LogP contribution in [0.4, 0.5) is 0 Å². The Balaban J connectivity index is 1.76. The van der Waals surface area contributed by atoms with E-state index >= 15 is 0 Å². The zero-order valence-corrected chi connectivity index (χ0v) is 14.0. The van der Waals surface area contributed by atoms with Crippen molar-refractivity contribution in [1.29, 1.82) is 0 Å². The maximum absolute atomic E-state index is 12.5. The first kappa shape index (κ1) is 16.2. The van der Waals surface area contributed by atoms with Gasteiger partial charge in [0.05, 0.1) is 11.0 Å². The molecule has 1 heterocycles. The SMILES string of the molecule is Cc1nc(-c2ccc(S(=O)(=O)N(C)CC(O)C3CC3)cc2)co1. The molecule has 124 valence electrons. The van der Waals surface area contributed by atoms with E-state index in [1.807, 2.05) is 0 Å². The molecular formula is C16H20N2O4S. The van der Waals surface area contributed by atoms with Crippen LogP contribution in [-0.2, 0) is 10.0 Å². The van der Waals surface area contributed by atoms with Crippen LogP contribution in [0.25, 0.3) is 11.3 Å². The molecule has 6 nitrogen and oxygen atoms in total. The molecule has 3 rings (SSSR count). The molecule has 23 heavy (non-hydrogen) atoms. The minimum atomic E-state index is -3.60. The number of sulfonamides is 1. The second-order valence-corrected chi connectivity index (χ2v) is 8.01. The van der Waals surface area contributed by atoms with Gasteiger partial charge in [-0.25, -0.2) is 13.4 Å². The Labute approximate surface area is 135 Å². The molecule has 1 fully saturated rings. The highest BCUT2D eigenvalue weighted by Crippen LogP contribution is 2.33. The zero-order chi connectivity index (χ0) is 16.6. The molecule has 2 aromatic rings. The lowest BCUT2D eigenvalue weighted by atomic mass is 10.2. The third-order valence-corrected chi connectivity index (χ3v) is 5.93. The van der Waals surface area contributed by atoms with E-state index in [4.69, 9.17) is 4.42 Å². The van der Waals surface area contributed by atoms with Crippen molar-refractivity contribution in [3.63, 3.8) is 0 Å². The molecule has 1 saturated carbocycles. The van der Waals surface area contributed by atoms with E-state index in [1.165, 1.54) is 17.6 Å². The fraction of sp³-hybridized carbons (Fsp3) is 0.438. The number of hydrogen-bond acceptors (Lipinski definition) is 5. The molecule has 0 spiro atoms. The van der Waals surface area contributed by atoms with E-state index in [0.29, 0.717) is 11.6 Å². The van der Waals surface area contributed by atoms with Gasteiger partial charge < -0.3 is 9.52 Å². The molecular weight excluding hydrogens is 316 g/mol. The Hall–Kier alpha value is -1.70. The van der Waals surface area contributed by atoms with Crippen LogP contribution in [0.2, 0.25) is 0 Å². The van der Waals surface area contributed by atoms with Crippen LogP contribution in [0, 0.1) is 12.8 Å². The summed E-state index contributed by atoms with van der Waals surface area (Å²) >= 11 is 0. The van der Waals surface area contributed by atoms with Gasteiger partial charge in [0.15, 0.2) is 5.89 Å². The molecule has 0 aliphatic heterocycles. The van der Waals surface area contributed by atoms with Gasteiger partial charge in [0.1, 0.15) is 12.0 Å². The summed E-state index contributed by atoms with van der Waals surface area (Å²) in [6.45, 7) is 1.87. The lowest BCUT2D eigenvalue weighted by molar-refractivity contribution is 0.131. The van der Waals surface area contributed by atoms with E-state index in [2.05, 4.69) is 4.98 Å². The number of benzene rings is 1. The van der Waals surface area contributed by atoms with E-state index in [-0.39, 0.29) is 17.4 Å². The summed E-state index contributed by atoms with van der Waals surface area (Å²) in [6, 6.07) is 6.51. The molecule has 1 unspecified atom stereocenters. The predicted molar refractivity (Wildman–Crippen MR) is 85.2 cm³/mol. The van der Waals surface area contributed by atoms with Crippen molar-refractivity contribution in [2.24, 2.45) is 5.92 Å². The van der Waals surface area contributed by atoms with Gasteiger partial charge in [-0.3, -0.25) is 0 Å². The maximum atomic E-state index is 12.5. The molecule has 0 saturated heterocycles. The highest BCUT2D eigenvalue weighted by molar-refractivity contribution is 7.89. The highest BCUT2D eigenvalue weighted by atomic mass is 32.2. The number of hydrogen-bond donors (Lipinski definition) is 1. The molecule has 7 heteroatoms. The van der Waals surface area contributed by atoms with Gasteiger partial charge in [0.2, 0.25) is 10.0 Å². The number of rotatable bonds is 6. The van der Waals surface area contributed by atoms with Gasteiger partial charge >= 0.3 is 0 Å². The molecule has 1 aliphatic rings. The first-order chi connectivity index (χ1) is 10.9. The molecule has 0 amide bonds. The first-order valence-corrected chi connectivity index (χ1v) is 8.99. The van der Waals surface area contributed by atoms with Gasteiger partial charge in [-0.15, -0.1) is 0 Å². The van der Waals surface area contributed by atoms with Crippen molar-refractivity contribution in [1.82, 2.24) is 9.29 Å². The average molecular weight is 336 g/mol. The van der Waals surface area contributed by atoms with Crippen LogP contribution in [0.3, 0.4) is 0 Å². The number of nitrogens with zero attached hydrogens (tertiary/aromatic N) is 2. The fourth-order valence-corrected chi connectivity index (χ4v) is 3.65. The zero-order valence-electron chi connectivity index (χ0n) is 13.1. The van der Waals surface area contributed by atoms with Gasteiger partial charge in [0, 0.05) is 26.1 Å². The Bertz CT molecular complexity index is 779. The summed E-state index contributed by atoms with van der Waals surface area (Å²) in [6.07, 6.45) is 2.89. The van der Waals surface area contributed by atoms with Gasteiger partial charge in [0.25, 0.3) is 0 Å². The quantitative estimate of drug-likeness (QED) is 0.873. The number of aromatic nitrogens is 1. The van der Waals surface area contributed by atoms with Gasteiger partial charge in [-0.2, -0.15) is 4.31 Å². The topological polar surface area (TPSA) is 83.6 Å². The third-order valence-electron chi connectivity index (χ3n) is 4.09. The summed E-state index contributed by atoms with van der Waals surface area (Å²) in [5.74, 6) is 0.802. The second-order valence-electron chi connectivity index (χ2n) is 5.97. The Morgan fingerprint density at radius 1 is 1.35 bits per heavy atom. The van der Waals surface area contributed by atoms with Crippen LogP contribution >= 0.6 is 0 Å². The van der Waals surface area contributed by atoms with Crippen molar-refractivity contribution in [3.05, 3.63) is 36.4 Å². The van der Waals surface area contributed by atoms with Gasteiger partial charge in [-0.05, 0) is 30.9 Å². The molecule has 1 aliphatic carbocycles. The molecule has 1 aromatic heterocycles. The summed E-state index contributed by atoms with van der Waals surface area (Å²) in [4.78, 5) is 4.41. The Morgan fingerprint density at radius 3 is 2.52 bits per heavy atom. The molecule has 1 aromatic carbocycles. The third kappa shape index (κ3) is 3.46. The molecule has 0 bridgehead atoms. The minimum Gasteiger partial charge on any atom is -0.449 e. The van der Waals surface area contributed by atoms with Crippen LogP contribution in [0.5, 0.6) is 0 Å². The highest BCUT2D eigenvalue weighted by Gasteiger charge is 2.33. The molecule has 1 atom stereocenters. The first-order valence-electron chi connectivity index (χ1n) is 7.55. The van der Waals surface area contributed by atoms with Crippen molar-refractivity contribution in [2.75, 3.05) is 13.6 Å². The van der Waals surface area contributed by atoms with Crippen LogP contribution in [0.15, 0.2) is 39.8 Å². The molecule has 0 radical (unpaired) electrons. The molecule has 1 N–H and O–H groups in total. The summed E-state index contributed by atoms with van der Waals surface area (Å²) in [5, 5.41) is 9.94. The van der Waals surface area contributed by atoms with Crippen molar-refractivity contribution in [2.45, 2.75) is 30.8 Å². The van der Waals surface area contributed by atoms with E-state index < -0.39 is 16.1 Å². The van der Waals surface area contributed by atoms with Gasteiger partial charge in [-0.1, -0.05) is 12.1 Å². The monoisotopic (exact) mass is 336 g/mol. The minimum absolute atomic E-state index is 0.122. The van der Waals surface area contributed by atoms with Crippen LogP contribution in [-0.4, -0.2) is 42.5 Å². The van der Waals surface area contributed by atoms with E-state index in [9.17, 15) is 13.5 Å². The maximum Gasteiger partial charge on any atom is 0.242 e. The number of aliphatic hydroxyl groups excluding tert-OH is 1. The van der Waals surface area contributed by atoms with E-state index in [0.717, 1.165) is 18.4 Å². The fourth-order valence-electron chi connectivity index (χ4n) is 2.47. The number of aryl methyl sites for hydroxylation is 1. The largest absolute Gasteiger partial charge is 0.449 e. The average Bonchev–Trinajstić information content (AvgIpc) is 3.29. The normalized spacial score (nSPS) is 16.7. The van der Waals surface area contributed by atoms with E-state index in [1.54, 1.807) is 31.2 Å². The second kappa shape index (κ2) is 6.07.